The Morgan fingerprint density at radius 1 is 0.750 bits per heavy atom. The van der Waals surface area contributed by atoms with E-state index in [1.54, 1.807) is 0 Å². The molecule has 0 spiro atoms. The summed E-state index contributed by atoms with van der Waals surface area (Å²) in [6.45, 7) is 3.84. The van der Waals surface area contributed by atoms with E-state index < -0.39 is 0 Å². The molecule has 2 heteroatoms. The van der Waals surface area contributed by atoms with E-state index in [9.17, 15) is 0 Å². The maximum atomic E-state index is 3.84. The highest BCUT2D eigenvalue weighted by molar-refractivity contribution is 8.01. The number of thioether (sulfide) groups is 2. The quantitative estimate of drug-likeness (QED) is 0.424. The van der Waals surface area contributed by atoms with Crippen molar-refractivity contribution < 1.29 is 0 Å². The van der Waals surface area contributed by atoms with Gasteiger partial charge in [0.15, 0.2) is 0 Å². The predicted molar refractivity (Wildman–Crippen MR) is 95.1 cm³/mol. The normalized spacial score (nSPS) is 11.1. The van der Waals surface area contributed by atoms with Crippen molar-refractivity contribution >= 4 is 51.1 Å². The van der Waals surface area contributed by atoms with Gasteiger partial charge in [-0.15, -0.1) is 23.5 Å². The van der Waals surface area contributed by atoms with Gasteiger partial charge in [-0.1, -0.05) is 24.8 Å². The molecule has 3 rings (SSSR count). The summed E-state index contributed by atoms with van der Waals surface area (Å²) in [6.07, 6.45) is 6.17. The van der Waals surface area contributed by atoms with Gasteiger partial charge >= 0.3 is 0 Å². The lowest BCUT2D eigenvalue weighted by molar-refractivity contribution is 1.29. The Bertz CT molecular complexity index is 803. The highest BCUT2D eigenvalue weighted by Crippen LogP contribution is 2.34. The van der Waals surface area contributed by atoms with Gasteiger partial charge in [0.1, 0.15) is 0 Å². The first-order chi connectivity index (χ1) is 9.75. The summed E-state index contributed by atoms with van der Waals surface area (Å²) in [5.74, 6) is 0. The number of hydrogen-bond acceptors (Lipinski definition) is 2. The van der Waals surface area contributed by atoms with E-state index in [-0.39, 0.29) is 0 Å². The molecule has 0 nitrogen and oxygen atoms in total. The van der Waals surface area contributed by atoms with E-state index in [0.717, 1.165) is 0 Å². The first kappa shape index (κ1) is 13.6. The van der Waals surface area contributed by atoms with Gasteiger partial charge < -0.3 is 0 Å². The zero-order chi connectivity index (χ0) is 14.1. The van der Waals surface area contributed by atoms with Crippen LogP contribution in [0.4, 0.5) is 0 Å². The van der Waals surface area contributed by atoms with Crippen molar-refractivity contribution in [3.8, 4) is 0 Å². The smallest absolute Gasteiger partial charge is 0.0211 e. The molecule has 100 valence electrons. The summed E-state index contributed by atoms with van der Waals surface area (Å²) < 4.78 is 0. The molecule has 20 heavy (non-hydrogen) atoms. The fourth-order valence-corrected chi connectivity index (χ4v) is 3.98. The second-order valence-electron chi connectivity index (χ2n) is 4.72. The minimum Gasteiger partial charge on any atom is -0.128 e. The second-order valence-corrected chi connectivity index (χ2v) is 6.41. The number of rotatable bonds is 3. The predicted octanol–water partition coefficient (Wildman–Crippen LogP) is 6.08. The van der Waals surface area contributed by atoms with Gasteiger partial charge in [-0.05, 0) is 70.0 Å². The Kier molecular flexibility index (Phi) is 3.77. The van der Waals surface area contributed by atoms with Crippen molar-refractivity contribution in [3.63, 3.8) is 0 Å². The minimum absolute atomic E-state index is 1.17. The Morgan fingerprint density at radius 2 is 1.30 bits per heavy atom. The molecule has 0 radical (unpaired) electrons. The van der Waals surface area contributed by atoms with E-state index >= 15 is 0 Å². The average molecular weight is 296 g/mol. The van der Waals surface area contributed by atoms with Gasteiger partial charge in [-0.25, -0.2) is 0 Å². The lowest BCUT2D eigenvalue weighted by Crippen LogP contribution is -1.82. The summed E-state index contributed by atoms with van der Waals surface area (Å²) in [6, 6.07) is 15.6. The summed E-state index contributed by atoms with van der Waals surface area (Å²) in [5.41, 5.74) is 1.17. The molecule has 0 saturated carbocycles. The Balaban J connectivity index is 2.32. The van der Waals surface area contributed by atoms with Crippen LogP contribution < -0.4 is 0 Å². The molecule has 3 aromatic rings. The number of hydrogen-bond donors (Lipinski definition) is 0. The third kappa shape index (κ3) is 2.34. The van der Waals surface area contributed by atoms with Gasteiger partial charge in [0.2, 0.25) is 0 Å². The maximum Gasteiger partial charge on any atom is 0.0211 e. The Morgan fingerprint density at radius 3 is 1.85 bits per heavy atom. The molecule has 0 amide bonds. The molecule has 0 aliphatic rings. The molecule has 0 unspecified atom stereocenters. The molecule has 3 aromatic carbocycles. The van der Waals surface area contributed by atoms with E-state index in [0.29, 0.717) is 0 Å². The van der Waals surface area contributed by atoms with Crippen LogP contribution in [0.15, 0.2) is 58.8 Å². The van der Waals surface area contributed by atoms with Crippen LogP contribution in [0, 0.1) is 0 Å². The molecule has 0 aromatic heterocycles. The van der Waals surface area contributed by atoms with Crippen LogP contribution in [0.5, 0.6) is 0 Å². The van der Waals surface area contributed by atoms with Gasteiger partial charge in [0.05, 0.1) is 0 Å². The lowest BCUT2D eigenvalue weighted by Gasteiger charge is -2.09. The number of benzene rings is 3. The monoisotopic (exact) mass is 296 g/mol. The fourth-order valence-electron chi connectivity index (χ4n) is 2.47. The molecule has 0 N–H and O–H groups in total. The van der Waals surface area contributed by atoms with E-state index in [2.05, 4.69) is 61.6 Å². The fraction of sp³-hybridized carbons (Fsp3) is 0.111. The van der Waals surface area contributed by atoms with Crippen molar-refractivity contribution in [2.45, 2.75) is 9.79 Å². The third-order valence-corrected chi connectivity index (χ3v) is 5.24. The van der Waals surface area contributed by atoms with Crippen LogP contribution in [0.1, 0.15) is 5.56 Å². The molecule has 0 aliphatic heterocycles. The van der Waals surface area contributed by atoms with Crippen LogP contribution in [0.2, 0.25) is 0 Å². The summed E-state index contributed by atoms with van der Waals surface area (Å²) >= 11 is 3.62. The van der Waals surface area contributed by atoms with Crippen molar-refractivity contribution in [2.75, 3.05) is 12.5 Å². The maximum absolute atomic E-state index is 3.84. The van der Waals surface area contributed by atoms with E-state index in [1.807, 2.05) is 29.6 Å². The summed E-state index contributed by atoms with van der Waals surface area (Å²) in [5, 5.41) is 5.18. The van der Waals surface area contributed by atoms with Crippen molar-refractivity contribution in [3.05, 3.63) is 54.6 Å². The van der Waals surface area contributed by atoms with E-state index in [4.69, 9.17) is 0 Å². The topological polar surface area (TPSA) is 0 Å². The molecule has 0 aliphatic carbocycles. The second kappa shape index (κ2) is 5.55. The zero-order valence-electron chi connectivity index (χ0n) is 11.6. The average Bonchev–Trinajstić information content (AvgIpc) is 2.50. The van der Waals surface area contributed by atoms with E-state index in [1.165, 1.54) is 36.9 Å². The molecule has 0 heterocycles. The molecule has 0 saturated heterocycles. The first-order valence-electron chi connectivity index (χ1n) is 6.47. The third-order valence-electron chi connectivity index (χ3n) is 3.56. The van der Waals surface area contributed by atoms with Crippen LogP contribution in [-0.2, 0) is 0 Å². The van der Waals surface area contributed by atoms with Crippen LogP contribution >= 0.6 is 23.5 Å². The number of fused-ring (bicyclic) bond motifs is 2. The lowest BCUT2D eigenvalue weighted by atomic mass is 10.0. The standard InChI is InChI=1S/C18H16S2/c1-4-12-5-6-13-8-15-10-17(19-2)18(20-3)11-16(15)9-14(13)7-12/h4-11H,1H2,2-3H3. The molecule has 0 bridgehead atoms. The molecule has 0 fully saturated rings. The highest BCUT2D eigenvalue weighted by atomic mass is 32.2. The first-order valence-corrected chi connectivity index (χ1v) is 8.92. The Hall–Kier alpha value is -1.38. The Labute approximate surface area is 128 Å². The van der Waals surface area contributed by atoms with Crippen molar-refractivity contribution in [1.82, 2.24) is 0 Å². The zero-order valence-corrected chi connectivity index (χ0v) is 13.3. The van der Waals surface area contributed by atoms with Crippen molar-refractivity contribution in [1.29, 1.82) is 0 Å². The van der Waals surface area contributed by atoms with Gasteiger partial charge in [-0.3, -0.25) is 0 Å². The molecular formula is C18H16S2. The largest absolute Gasteiger partial charge is 0.128 e. The summed E-state index contributed by atoms with van der Waals surface area (Å²) in [7, 11) is 0. The van der Waals surface area contributed by atoms with Gasteiger partial charge in [-0.2, -0.15) is 0 Å². The van der Waals surface area contributed by atoms with Crippen LogP contribution in [0.3, 0.4) is 0 Å². The van der Waals surface area contributed by atoms with Crippen LogP contribution in [-0.4, -0.2) is 12.5 Å². The molecule has 0 atom stereocenters. The van der Waals surface area contributed by atoms with Gasteiger partial charge in [0, 0.05) is 9.79 Å². The van der Waals surface area contributed by atoms with Crippen LogP contribution in [0.25, 0.3) is 27.6 Å². The highest BCUT2D eigenvalue weighted by Gasteiger charge is 2.05. The minimum atomic E-state index is 1.17. The summed E-state index contributed by atoms with van der Waals surface area (Å²) in [4.78, 5) is 2.70. The van der Waals surface area contributed by atoms with Crippen molar-refractivity contribution in [2.24, 2.45) is 0 Å². The van der Waals surface area contributed by atoms with Gasteiger partial charge in [0.25, 0.3) is 0 Å². The SMILES string of the molecule is C=Cc1ccc2cc3cc(SC)c(SC)cc3cc2c1. The molecular weight excluding hydrogens is 280 g/mol.